The molecule has 0 fully saturated rings. The van der Waals surface area contributed by atoms with Crippen molar-refractivity contribution in [3.05, 3.63) is 36.2 Å². The van der Waals surface area contributed by atoms with Crippen LogP contribution in [0.4, 0.5) is 5.69 Å². The van der Waals surface area contributed by atoms with E-state index in [4.69, 9.17) is 4.52 Å². The van der Waals surface area contributed by atoms with Crippen LogP contribution in [-0.4, -0.2) is 26.5 Å². The van der Waals surface area contributed by atoms with Gasteiger partial charge in [-0.1, -0.05) is 11.2 Å². The van der Waals surface area contributed by atoms with Gasteiger partial charge in [-0.25, -0.2) is 0 Å². The first kappa shape index (κ1) is 11.2. The van der Waals surface area contributed by atoms with Crippen molar-refractivity contribution < 1.29 is 4.52 Å². The molecule has 1 aliphatic rings. The first-order valence-electron chi connectivity index (χ1n) is 6.49. The maximum Gasteiger partial charge on any atom is 0.258 e. The fourth-order valence-electron chi connectivity index (χ4n) is 2.42. The Morgan fingerprint density at radius 2 is 2.25 bits per heavy atom. The van der Waals surface area contributed by atoms with Crippen LogP contribution in [0, 0.1) is 0 Å². The van der Waals surface area contributed by atoms with Gasteiger partial charge >= 0.3 is 0 Å². The van der Waals surface area contributed by atoms with Gasteiger partial charge in [0, 0.05) is 31.0 Å². The average Bonchev–Trinajstić information content (AvgIpc) is 3.17. The Morgan fingerprint density at radius 1 is 1.30 bits per heavy atom. The zero-order valence-corrected chi connectivity index (χ0v) is 11.0. The van der Waals surface area contributed by atoms with Crippen molar-refractivity contribution in [3.8, 4) is 22.8 Å². The van der Waals surface area contributed by atoms with Gasteiger partial charge in [0.05, 0.1) is 11.8 Å². The molecule has 1 aliphatic heterocycles. The highest BCUT2D eigenvalue weighted by Gasteiger charge is 2.15. The number of benzene rings is 1. The third-order valence-electron chi connectivity index (χ3n) is 3.46. The number of rotatable bonds is 2. The molecule has 0 amide bonds. The second-order valence-electron chi connectivity index (χ2n) is 4.87. The largest absolute Gasteiger partial charge is 0.384 e. The van der Waals surface area contributed by atoms with Crippen LogP contribution < -0.4 is 5.32 Å². The van der Waals surface area contributed by atoms with Crippen molar-refractivity contribution in [1.29, 1.82) is 0 Å². The van der Waals surface area contributed by atoms with Crippen molar-refractivity contribution >= 4 is 5.69 Å². The predicted molar refractivity (Wildman–Crippen MR) is 74.1 cm³/mol. The number of nitrogens with zero attached hydrogens (tertiary/aromatic N) is 4. The SMILES string of the molecule is Cn1cc(-c2noc(-c3ccc4c(c3)NCC4)n2)cn1. The lowest BCUT2D eigenvalue weighted by Crippen LogP contribution is -1.91. The summed E-state index contributed by atoms with van der Waals surface area (Å²) in [4.78, 5) is 4.43. The van der Waals surface area contributed by atoms with Crippen molar-refractivity contribution in [3.63, 3.8) is 0 Å². The summed E-state index contributed by atoms with van der Waals surface area (Å²) in [6.45, 7) is 0.990. The van der Waals surface area contributed by atoms with Gasteiger partial charge in [-0.2, -0.15) is 10.1 Å². The summed E-state index contributed by atoms with van der Waals surface area (Å²) in [7, 11) is 1.86. The zero-order chi connectivity index (χ0) is 13.5. The third kappa shape index (κ3) is 1.77. The molecule has 0 atom stereocenters. The van der Waals surface area contributed by atoms with Gasteiger partial charge in [-0.05, 0) is 24.1 Å². The molecule has 1 N–H and O–H groups in total. The molecule has 3 aromatic rings. The molecule has 2 aromatic heterocycles. The summed E-state index contributed by atoms with van der Waals surface area (Å²) >= 11 is 0. The molecule has 3 heterocycles. The normalized spacial score (nSPS) is 13.2. The number of hydrogen-bond donors (Lipinski definition) is 1. The van der Waals surface area contributed by atoms with E-state index < -0.39 is 0 Å². The standard InChI is InChI=1S/C14H13N5O/c1-19-8-11(7-16-19)13-17-14(20-18-13)10-3-2-9-4-5-15-12(9)6-10/h2-3,6-8,15H,4-5H2,1H3. The van der Waals surface area contributed by atoms with Gasteiger partial charge in [0.25, 0.3) is 5.89 Å². The number of aryl methyl sites for hydroxylation is 1. The lowest BCUT2D eigenvalue weighted by Gasteiger charge is -2.00. The molecule has 0 saturated carbocycles. The van der Waals surface area contributed by atoms with Crippen LogP contribution in [0.3, 0.4) is 0 Å². The molecule has 20 heavy (non-hydrogen) atoms. The minimum atomic E-state index is 0.528. The number of hydrogen-bond acceptors (Lipinski definition) is 5. The molecule has 0 bridgehead atoms. The summed E-state index contributed by atoms with van der Waals surface area (Å²) in [6, 6.07) is 6.19. The van der Waals surface area contributed by atoms with E-state index in [2.05, 4.69) is 32.7 Å². The highest BCUT2D eigenvalue weighted by atomic mass is 16.5. The van der Waals surface area contributed by atoms with Crippen LogP contribution in [0.15, 0.2) is 35.1 Å². The minimum Gasteiger partial charge on any atom is -0.384 e. The van der Waals surface area contributed by atoms with Gasteiger partial charge in [-0.15, -0.1) is 0 Å². The molecule has 6 nitrogen and oxygen atoms in total. The monoisotopic (exact) mass is 267 g/mol. The lowest BCUT2D eigenvalue weighted by molar-refractivity contribution is 0.432. The van der Waals surface area contributed by atoms with E-state index in [0.29, 0.717) is 11.7 Å². The number of nitrogens with one attached hydrogen (secondary N) is 1. The summed E-state index contributed by atoms with van der Waals surface area (Å²) in [5.74, 6) is 1.09. The van der Waals surface area contributed by atoms with Crippen LogP contribution in [0.2, 0.25) is 0 Å². The summed E-state index contributed by atoms with van der Waals surface area (Å²) in [5, 5.41) is 11.5. The van der Waals surface area contributed by atoms with Crippen LogP contribution in [0.1, 0.15) is 5.56 Å². The van der Waals surface area contributed by atoms with Gasteiger partial charge in [0.2, 0.25) is 5.82 Å². The number of fused-ring (bicyclic) bond motifs is 1. The van der Waals surface area contributed by atoms with Crippen LogP contribution >= 0.6 is 0 Å². The summed E-state index contributed by atoms with van der Waals surface area (Å²) in [6.07, 6.45) is 4.65. The predicted octanol–water partition coefficient (Wildman–Crippen LogP) is 2.11. The Bertz CT molecular complexity index is 773. The molecular formula is C14H13N5O. The quantitative estimate of drug-likeness (QED) is 0.770. The topological polar surface area (TPSA) is 68.8 Å². The van der Waals surface area contributed by atoms with Gasteiger partial charge in [-0.3, -0.25) is 4.68 Å². The molecule has 0 unspecified atom stereocenters. The molecule has 6 heteroatoms. The summed E-state index contributed by atoms with van der Waals surface area (Å²) in [5.41, 5.74) is 4.27. The maximum absolute atomic E-state index is 5.35. The Morgan fingerprint density at radius 3 is 3.10 bits per heavy atom. The second kappa shape index (κ2) is 4.19. The Labute approximate surface area is 115 Å². The Kier molecular flexibility index (Phi) is 2.35. The molecule has 100 valence electrons. The fourth-order valence-corrected chi connectivity index (χ4v) is 2.42. The van der Waals surface area contributed by atoms with Crippen LogP contribution in [0.5, 0.6) is 0 Å². The Balaban J connectivity index is 1.71. The highest BCUT2D eigenvalue weighted by Crippen LogP contribution is 2.29. The average molecular weight is 267 g/mol. The molecular weight excluding hydrogens is 254 g/mol. The Hall–Kier alpha value is -2.63. The van der Waals surface area contributed by atoms with E-state index in [0.717, 1.165) is 29.8 Å². The highest BCUT2D eigenvalue weighted by molar-refractivity contribution is 5.67. The van der Waals surface area contributed by atoms with Gasteiger partial charge in [0.1, 0.15) is 0 Å². The molecule has 0 saturated heterocycles. The molecule has 0 spiro atoms. The fraction of sp³-hybridized carbons (Fsp3) is 0.214. The van der Waals surface area contributed by atoms with E-state index >= 15 is 0 Å². The molecule has 4 rings (SSSR count). The molecule has 1 aromatic carbocycles. The molecule has 0 radical (unpaired) electrons. The van der Waals surface area contributed by atoms with Crippen molar-refractivity contribution in [1.82, 2.24) is 19.9 Å². The number of anilines is 1. The van der Waals surface area contributed by atoms with Gasteiger partial charge in [0.15, 0.2) is 0 Å². The zero-order valence-electron chi connectivity index (χ0n) is 11.0. The maximum atomic E-state index is 5.35. The smallest absolute Gasteiger partial charge is 0.258 e. The first-order chi connectivity index (χ1) is 9.79. The van der Waals surface area contributed by atoms with E-state index in [1.54, 1.807) is 10.9 Å². The van der Waals surface area contributed by atoms with Crippen LogP contribution in [-0.2, 0) is 13.5 Å². The van der Waals surface area contributed by atoms with E-state index in [1.807, 2.05) is 19.3 Å². The van der Waals surface area contributed by atoms with Crippen molar-refractivity contribution in [2.24, 2.45) is 7.05 Å². The van der Waals surface area contributed by atoms with Gasteiger partial charge < -0.3 is 9.84 Å². The third-order valence-corrected chi connectivity index (χ3v) is 3.46. The van der Waals surface area contributed by atoms with Crippen molar-refractivity contribution in [2.75, 3.05) is 11.9 Å². The van der Waals surface area contributed by atoms with Crippen LogP contribution in [0.25, 0.3) is 22.8 Å². The lowest BCUT2D eigenvalue weighted by atomic mass is 10.1. The van der Waals surface area contributed by atoms with E-state index in [-0.39, 0.29) is 0 Å². The molecule has 0 aliphatic carbocycles. The number of aromatic nitrogens is 4. The minimum absolute atomic E-state index is 0.528. The second-order valence-corrected chi connectivity index (χ2v) is 4.87. The van der Waals surface area contributed by atoms with E-state index in [9.17, 15) is 0 Å². The van der Waals surface area contributed by atoms with E-state index in [1.165, 1.54) is 5.56 Å². The summed E-state index contributed by atoms with van der Waals surface area (Å²) < 4.78 is 7.06. The first-order valence-corrected chi connectivity index (χ1v) is 6.49. The van der Waals surface area contributed by atoms with Crippen molar-refractivity contribution in [2.45, 2.75) is 6.42 Å².